The predicted octanol–water partition coefficient (Wildman–Crippen LogP) is 4.42. The van der Waals surface area contributed by atoms with Crippen LogP contribution >= 0.6 is 27.7 Å². The zero-order valence-corrected chi connectivity index (χ0v) is 19.3. The van der Waals surface area contributed by atoms with Crippen LogP contribution in [0.25, 0.3) is 6.08 Å². The minimum absolute atomic E-state index is 0.139. The van der Waals surface area contributed by atoms with E-state index in [4.69, 9.17) is 9.47 Å². The lowest BCUT2D eigenvalue weighted by Gasteiger charge is -2.13. The van der Waals surface area contributed by atoms with Crippen LogP contribution in [0, 0.1) is 6.92 Å². The normalized spacial score (nSPS) is 14.8. The number of carbonyl (C=O) groups excluding carboxylic acids is 3. The molecule has 0 spiro atoms. The van der Waals surface area contributed by atoms with Crippen LogP contribution in [-0.2, 0) is 14.3 Å². The molecule has 1 aliphatic heterocycles. The maximum atomic E-state index is 12.7. The Morgan fingerprint density at radius 1 is 1.13 bits per heavy atom. The maximum absolute atomic E-state index is 12.7. The average molecular weight is 506 g/mol. The summed E-state index contributed by atoms with van der Waals surface area (Å²) < 4.78 is 16.5. The summed E-state index contributed by atoms with van der Waals surface area (Å²) in [5, 5.41) is -0.365. The van der Waals surface area contributed by atoms with Crippen molar-refractivity contribution in [2.45, 2.75) is 6.92 Å². The van der Waals surface area contributed by atoms with Gasteiger partial charge in [-0.05, 0) is 55.1 Å². The van der Waals surface area contributed by atoms with Gasteiger partial charge in [-0.3, -0.25) is 14.5 Å². The molecule has 0 bridgehead atoms. The van der Waals surface area contributed by atoms with Crippen molar-refractivity contribution < 1.29 is 28.6 Å². The van der Waals surface area contributed by atoms with E-state index in [2.05, 4.69) is 20.7 Å². The van der Waals surface area contributed by atoms with Crippen LogP contribution in [0.4, 0.5) is 4.79 Å². The second-order valence-electron chi connectivity index (χ2n) is 6.54. The van der Waals surface area contributed by atoms with Gasteiger partial charge >= 0.3 is 5.97 Å². The highest BCUT2D eigenvalue weighted by atomic mass is 79.9. The van der Waals surface area contributed by atoms with Crippen LogP contribution in [0.15, 0.2) is 51.8 Å². The summed E-state index contributed by atoms with van der Waals surface area (Å²) in [5.74, 6) is 0.141. The fourth-order valence-corrected chi connectivity index (χ4v) is 3.92. The molecule has 0 aliphatic carbocycles. The standard InChI is InChI=1S/C22H20BrNO6S/c1-14-3-6-17(7-4-14)29-10-9-24-21(26)19(31-22(24)27)12-15-11-16(23)5-8-18(15)30-13-20(25)28-2/h3-8,11-12H,9-10,13H2,1-2H3/b19-12-. The Kier molecular flexibility index (Phi) is 7.75. The van der Waals surface area contributed by atoms with Crippen LogP contribution in [0.5, 0.6) is 11.5 Å². The number of imide groups is 1. The van der Waals surface area contributed by atoms with E-state index in [1.54, 1.807) is 24.3 Å². The Hall–Kier alpha value is -2.78. The monoisotopic (exact) mass is 505 g/mol. The number of amides is 2. The van der Waals surface area contributed by atoms with Crippen LogP contribution in [-0.4, -0.2) is 48.9 Å². The van der Waals surface area contributed by atoms with E-state index in [1.807, 2.05) is 31.2 Å². The molecule has 2 aromatic rings. The summed E-state index contributed by atoms with van der Waals surface area (Å²) in [6.45, 7) is 2.04. The molecule has 1 aliphatic rings. The van der Waals surface area contributed by atoms with Gasteiger partial charge in [0.15, 0.2) is 6.61 Å². The topological polar surface area (TPSA) is 82.1 Å². The van der Waals surface area contributed by atoms with Gasteiger partial charge in [0.05, 0.1) is 18.6 Å². The lowest BCUT2D eigenvalue weighted by molar-refractivity contribution is -0.142. The third kappa shape index (κ3) is 6.11. The van der Waals surface area contributed by atoms with E-state index < -0.39 is 11.9 Å². The molecule has 9 heteroatoms. The second kappa shape index (κ2) is 10.5. The molecule has 0 aromatic heterocycles. The summed E-state index contributed by atoms with van der Waals surface area (Å²) >= 11 is 4.23. The molecule has 0 unspecified atom stereocenters. The number of hydrogen-bond donors (Lipinski definition) is 0. The van der Waals surface area contributed by atoms with Crippen LogP contribution in [0.1, 0.15) is 11.1 Å². The third-order valence-corrected chi connectivity index (χ3v) is 5.71. The van der Waals surface area contributed by atoms with Crippen molar-refractivity contribution in [1.82, 2.24) is 4.90 Å². The summed E-state index contributed by atoms with van der Waals surface area (Å²) in [6.07, 6.45) is 1.57. The van der Waals surface area contributed by atoms with Gasteiger partial charge in [-0.2, -0.15) is 0 Å². The first-order chi connectivity index (χ1) is 14.9. The van der Waals surface area contributed by atoms with Gasteiger partial charge in [-0.25, -0.2) is 4.79 Å². The fraction of sp³-hybridized carbons (Fsp3) is 0.227. The van der Waals surface area contributed by atoms with Crippen molar-refractivity contribution in [1.29, 1.82) is 0 Å². The zero-order valence-electron chi connectivity index (χ0n) is 16.9. The molecule has 31 heavy (non-hydrogen) atoms. The smallest absolute Gasteiger partial charge is 0.343 e. The van der Waals surface area contributed by atoms with Gasteiger partial charge in [-0.15, -0.1) is 0 Å². The van der Waals surface area contributed by atoms with Crippen molar-refractivity contribution in [3.63, 3.8) is 0 Å². The molecule has 7 nitrogen and oxygen atoms in total. The Bertz CT molecular complexity index is 1020. The van der Waals surface area contributed by atoms with Crippen molar-refractivity contribution in [3.8, 4) is 11.5 Å². The number of nitrogens with zero attached hydrogens (tertiary/aromatic N) is 1. The molecule has 0 radical (unpaired) electrons. The first-order valence-corrected chi connectivity index (χ1v) is 10.9. The SMILES string of the molecule is COC(=O)COc1ccc(Br)cc1/C=C1\SC(=O)N(CCOc2ccc(C)cc2)C1=O. The highest BCUT2D eigenvalue weighted by molar-refractivity contribution is 9.10. The Labute approximate surface area is 192 Å². The highest BCUT2D eigenvalue weighted by Gasteiger charge is 2.35. The lowest BCUT2D eigenvalue weighted by atomic mass is 10.2. The van der Waals surface area contributed by atoms with Gasteiger partial charge in [0, 0.05) is 10.0 Å². The van der Waals surface area contributed by atoms with E-state index in [-0.39, 0.29) is 29.9 Å². The Balaban J connectivity index is 1.68. The molecular weight excluding hydrogens is 486 g/mol. The molecule has 2 amide bonds. The maximum Gasteiger partial charge on any atom is 0.343 e. The van der Waals surface area contributed by atoms with E-state index in [1.165, 1.54) is 7.11 Å². The predicted molar refractivity (Wildman–Crippen MR) is 121 cm³/mol. The largest absolute Gasteiger partial charge is 0.492 e. The number of thioether (sulfide) groups is 1. The number of benzene rings is 2. The summed E-state index contributed by atoms with van der Waals surface area (Å²) in [6, 6.07) is 12.7. The van der Waals surface area contributed by atoms with Crippen molar-refractivity contribution in [3.05, 3.63) is 63.0 Å². The van der Waals surface area contributed by atoms with Gasteiger partial charge in [0.25, 0.3) is 11.1 Å². The number of hydrogen-bond acceptors (Lipinski definition) is 7. The molecule has 1 saturated heterocycles. The zero-order chi connectivity index (χ0) is 22.4. The third-order valence-electron chi connectivity index (χ3n) is 4.31. The van der Waals surface area contributed by atoms with E-state index in [0.29, 0.717) is 17.1 Å². The average Bonchev–Trinajstić information content (AvgIpc) is 3.01. The van der Waals surface area contributed by atoms with Crippen molar-refractivity contribution in [2.75, 3.05) is 26.9 Å². The summed E-state index contributed by atoms with van der Waals surface area (Å²) in [5.41, 5.74) is 1.67. The molecule has 0 N–H and O–H groups in total. The van der Waals surface area contributed by atoms with Gasteiger partial charge < -0.3 is 14.2 Å². The number of ether oxygens (including phenoxy) is 3. The number of rotatable bonds is 8. The van der Waals surface area contributed by atoms with Gasteiger partial charge in [0.2, 0.25) is 0 Å². The van der Waals surface area contributed by atoms with Crippen LogP contribution in [0.2, 0.25) is 0 Å². The fourth-order valence-electron chi connectivity index (χ4n) is 2.68. The molecule has 0 atom stereocenters. The molecule has 2 aromatic carbocycles. The van der Waals surface area contributed by atoms with Crippen LogP contribution < -0.4 is 9.47 Å². The summed E-state index contributed by atoms with van der Waals surface area (Å²) in [4.78, 5) is 37.9. The summed E-state index contributed by atoms with van der Waals surface area (Å²) in [7, 11) is 1.27. The van der Waals surface area contributed by atoms with Crippen LogP contribution in [0.3, 0.4) is 0 Å². The van der Waals surface area contributed by atoms with E-state index in [0.717, 1.165) is 26.7 Å². The number of methoxy groups -OCH3 is 1. The Morgan fingerprint density at radius 2 is 1.87 bits per heavy atom. The van der Waals surface area contributed by atoms with Crippen molar-refractivity contribution >= 4 is 50.9 Å². The molecule has 162 valence electrons. The second-order valence-corrected chi connectivity index (χ2v) is 8.45. The molecule has 0 saturated carbocycles. The number of halogens is 1. The molecule has 1 fully saturated rings. The molecule has 3 rings (SSSR count). The van der Waals surface area contributed by atoms with Crippen molar-refractivity contribution in [2.24, 2.45) is 0 Å². The Morgan fingerprint density at radius 3 is 2.58 bits per heavy atom. The quantitative estimate of drug-likeness (QED) is 0.387. The first kappa shape index (κ1) is 22.9. The number of aryl methyl sites for hydroxylation is 1. The van der Waals surface area contributed by atoms with Gasteiger partial charge in [0.1, 0.15) is 18.1 Å². The van der Waals surface area contributed by atoms with Gasteiger partial charge in [-0.1, -0.05) is 33.6 Å². The highest BCUT2D eigenvalue weighted by Crippen LogP contribution is 2.34. The van der Waals surface area contributed by atoms with E-state index in [9.17, 15) is 14.4 Å². The molecule has 1 heterocycles. The number of esters is 1. The first-order valence-electron chi connectivity index (χ1n) is 9.31. The minimum Gasteiger partial charge on any atom is -0.492 e. The number of carbonyl (C=O) groups is 3. The minimum atomic E-state index is -0.525. The lowest BCUT2D eigenvalue weighted by Crippen LogP contribution is -2.32. The van der Waals surface area contributed by atoms with E-state index >= 15 is 0 Å². The molecular formula is C22H20BrNO6S.